The molecule has 0 heterocycles. The van der Waals surface area contributed by atoms with E-state index in [1.807, 2.05) is 37.9 Å². The van der Waals surface area contributed by atoms with Gasteiger partial charge >= 0.3 is 5.97 Å². The fraction of sp³-hybridized carbons (Fsp3) is 0.235. The molecule has 0 amide bonds. The number of carboxylic acids is 1. The molecule has 0 aromatic heterocycles. The standard InChI is InChI=1S/C17H18FNO2/c1-11-4-7-16(12(2)8-11)19(3)10-13-5-6-14(17(20)21)15(18)9-13/h4-9H,10H2,1-3H3,(H,20,21). The number of hydrogen-bond donors (Lipinski definition) is 1. The van der Waals surface area contributed by atoms with Gasteiger partial charge in [-0.25, -0.2) is 9.18 Å². The lowest BCUT2D eigenvalue weighted by atomic mass is 10.1. The highest BCUT2D eigenvalue weighted by molar-refractivity contribution is 5.87. The lowest BCUT2D eigenvalue weighted by Gasteiger charge is -2.22. The van der Waals surface area contributed by atoms with Gasteiger partial charge in [-0.1, -0.05) is 23.8 Å². The smallest absolute Gasteiger partial charge is 0.338 e. The van der Waals surface area contributed by atoms with Crippen LogP contribution in [0.3, 0.4) is 0 Å². The van der Waals surface area contributed by atoms with Crippen LogP contribution >= 0.6 is 0 Å². The molecule has 0 spiro atoms. The normalized spacial score (nSPS) is 10.5. The van der Waals surface area contributed by atoms with E-state index in [9.17, 15) is 9.18 Å². The Kier molecular flexibility index (Phi) is 4.26. The monoisotopic (exact) mass is 287 g/mol. The molecule has 110 valence electrons. The zero-order valence-electron chi connectivity index (χ0n) is 12.4. The average molecular weight is 287 g/mol. The first-order valence-corrected chi connectivity index (χ1v) is 6.68. The summed E-state index contributed by atoms with van der Waals surface area (Å²) in [4.78, 5) is 12.8. The number of rotatable bonds is 4. The van der Waals surface area contributed by atoms with E-state index in [2.05, 4.69) is 6.07 Å². The summed E-state index contributed by atoms with van der Waals surface area (Å²) in [5.74, 6) is -1.95. The van der Waals surface area contributed by atoms with Crippen molar-refractivity contribution < 1.29 is 14.3 Å². The van der Waals surface area contributed by atoms with Crippen LogP contribution in [0.1, 0.15) is 27.0 Å². The second kappa shape index (κ2) is 5.95. The van der Waals surface area contributed by atoms with Gasteiger partial charge in [0, 0.05) is 19.3 Å². The van der Waals surface area contributed by atoms with Crippen LogP contribution in [-0.2, 0) is 6.54 Å². The molecule has 4 heteroatoms. The Hall–Kier alpha value is -2.36. The van der Waals surface area contributed by atoms with Gasteiger partial charge in [0.1, 0.15) is 5.82 Å². The minimum absolute atomic E-state index is 0.298. The first kappa shape index (κ1) is 15.0. The van der Waals surface area contributed by atoms with E-state index >= 15 is 0 Å². The van der Waals surface area contributed by atoms with E-state index in [1.165, 1.54) is 17.7 Å². The van der Waals surface area contributed by atoms with Gasteiger partial charge in [-0.05, 0) is 43.2 Å². The van der Waals surface area contributed by atoms with Crippen LogP contribution in [0.2, 0.25) is 0 Å². The van der Waals surface area contributed by atoms with Crippen molar-refractivity contribution in [2.45, 2.75) is 20.4 Å². The molecule has 0 bridgehead atoms. The van der Waals surface area contributed by atoms with E-state index in [4.69, 9.17) is 5.11 Å². The molecule has 0 saturated heterocycles. The first-order valence-electron chi connectivity index (χ1n) is 6.68. The van der Waals surface area contributed by atoms with Gasteiger partial charge in [0.05, 0.1) is 5.56 Å². The van der Waals surface area contributed by atoms with E-state index in [0.717, 1.165) is 16.8 Å². The minimum Gasteiger partial charge on any atom is -0.478 e. The number of anilines is 1. The predicted molar refractivity (Wildman–Crippen MR) is 81.4 cm³/mol. The molecule has 1 N–H and O–H groups in total. The molecular weight excluding hydrogens is 269 g/mol. The fourth-order valence-corrected chi connectivity index (χ4v) is 2.42. The number of carboxylic acid groups (broad SMARTS) is 1. The molecule has 0 saturated carbocycles. The van der Waals surface area contributed by atoms with E-state index in [-0.39, 0.29) is 5.56 Å². The number of hydrogen-bond acceptors (Lipinski definition) is 2. The van der Waals surface area contributed by atoms with Crippen molar-refractivity contribution in [3.05, 3.63) is 64.5 Å². The van der Waals surface area contributed by atoms with Crippen LogP contribution in [0.5, 0.6) is 0 Å². The molecule has 0 aliphatic carbocycles. The number of halogens is 1. The third-order valence-corrected chi connectivity index (χ3v) is 3.45. The SMILES string of the molecule is Cc1ccc(N(C)Cc2ccc(C(=O)O)c(F)c2)c(C)c1. The van der Waals surface area contributed by atoms with Crippen LogP contribution in [0.25, 0.3) is 0 Å². The minimum atomic E-state index is -1.25. The molecule has 0 radical (unpaired) electrons. The summed E-state index contributed by atoms with van der Waals surface area (Å²) in [5, 5.41) is 8.83. The molecule has 2 aromatic carbocycles. The Bertz CT molecular complexity index is 682. The Balaban J connectivity index is 2.21. The largest absolute Gasteiger partial charge is 0.478 e. The van der Waals surface area contributed by atoms with Crippen molar-refractivity contribution in [1.82, 2.24) is 0 Å². The van der Waals surface area contributed by atoms with Crippen LogP contribution < -0.4 is 4.90 Å². The second-order valence-corrected chi connectivity index (χ2v) is 5.27. The number of nitrogens with zero attached hydrogens (tertiary/aromatic N) is 1. The summed E-state index contributed by atoms with van der Waals surface area (Å²) in [6, 6.07) is 10.4. The van der Waals surface area contributed by atoms with Gasteiger partial charge in [0.25, 0.3) is 0 Å². The molecule has 2 rings (SSSR count). The Labute approximate surface area is 123 Å². The second-order valence-electron chi connectivity index (χ2n) is 5.27. The summed E-state index contributed by atoms with van der Waals surface area (Å²) >= 11 is 0. The van der Waals surface area contributed by atoms with Gasteiger partial charge in [0.15, 0.2) is 0 Å². The molecule has 0 aliphatic rings. The quantitative estimate of drug-likeness (QED) is 0.930. The maximum atomic E-state index is 13.7. The van der Waals surface area contributed by atoms with Crippen LogP contribution in [0, 0.1) is 19.7 Å². The molecule has 3 nitrogen and oxygen atoms in total. The van der Waals surface area contributed by atoms with Crippen molar-refractivity contribution in [2.24, 2.45) is 0 Å². The first-order chi connectivity index (χ1) is 9.88. The third-order valence-electron chi connectivity index (χ3n) is 3.45. The van der Waals surface area contributed by atoms with Gasteiger partial charge in [-0.2, -0.15) is 0 Å². The summed E-state index contributed by atoms with van der Waals surface area (Å²) < 4.78 is 13.7. The van der Waals surface area contributed by atoms with Gasteiger partial charge in [0.2, 0.25) is 0 Å². The van der Waals surface area contributed by atoms with Crippen molar-refractivity contribution in [2.75, 3.05) is 11.9 Å². The number of benzene rings is 2. The number of carbonyl (C=O) groups is 1. The summed E-state index contributed by atoms with van der Waals surface area (Å²) in [6.07, 6.45) is 0. The Morgan fingerprint density at radius 2 is 1.90 bits per heavy atom. The number of aryl methyl sites for hydroxylation is 2. The zero-order chi connectivity index (χ0) is 15.6. The van der Waals surface area contributed by atoms with Crippen LogP contribution in [0.4, 0.5) is 10.1 Å². The van der Waals surface area contributed by atoms with Gasteiger partial charge in [-0.15, -0.1) is 0 Å². The molecule has 0 unspecified atom stereocenters. The van der Waals surface area contributed by atoms with Crippen molar-refractivity contribution in [3.63, 3.8) is 0 Å². The average Bonchev–Trinajstić information content (AvgIpc) is 2.37. The highest BCUT2D eigenvalue weighted by atomic mass is 19.1. The molecule has 21 heavy (non-hydrogen) atoms. The Morgan fingerprint density at radius 3 is 2.48 bits per heavy atom. The summed E-state index contributed by atoms with van der Waals surface area (Å²) in [6.45, 7) is 4.59. The van der Waals surface area contributed by atoms with E-state index in [0.29, 0.717) is 6.54 Å². The topological polar surface area (TPSA) is 40.5 Å². The molecule has 0 fully saturated rings. The lowest BCUT2D eigenvalue weighted by Crippen LogP contribution is -2.17. The van der Waals surface area contributed by atoms with E-state index in [1.54, 1.807) is 6.07 Å². The summed E-state index contributed by atoms with van der Waals surface area (Å²) in [7, 11) is 1.93. The van der Waals surface area contributed by atoms with Crippen LogP contribution in [-0.4, -0.2) is 18.1 Å². The van der Waals surface area contributed by atoms with E-state index < -0.39 is 11.8 Å². The molecule has 0 aliphatic heterocycles. The van der Waals surface area contributed by atoms with Gasteiger partial charge < -0.3 is 10.0 Å². The summed E-state index contributed by atoms with van der Waals surface area (Å²) in [5.41, 5.74) is 3.86. The maximum Gasteiger partial charge on any atom is 0.338 e. The Morgan fingerprint density at radius 1 is 1.19 bits per heavy atom. The third kappa shape index (κ3) is 3.40. The molecule has 2 aromatic rings. The fourth-order valence-electron chi connectivity index (χ4n) is 2.42. The molecular formula is C17H18FNO2. The maximum absolute atomic E-state index is 13.7. The highest BCUT2D eigenvalue weighted by Crippen LogP contribution is 2.22. The van der Waals surface area contributed by atoms with Crippen molar-refractivity contribution in [3.8, 4) is 0 Å². The van der Waals surface area contributed by atoms with Crippen LogP contribution in [0.15, 0.2) is 36.4 Å². The lowest BCUT2D eigenvalue weighted by molar-refractivity contribution is 0.0692. The zero-order valence-corrected chi connectivity index (χ0v) is 12.4. The highest BCUT2D eigenvalue weighted by Gasteiger charge is 2.12. The molecule has 0 atom stereocenters. The predicted octanol–water partition coefficient (Wildman–Crippen LogP) is 3.78. The number of aromatic carboxylic acids is 1. The van der Waals surface area contributed by atoms with Crippen molar-refractivity contribution >= 4 is 11.7 Å². The van der Waals surface area contributed by atoms with Gasteiger partial charge in [-0.3, -0.25) is 0 Å². The van der Waals surface area contributed by atoms with Crippen molar-refractivity contribution in [1.29, 1.82) is 0 Å².